The van der Waals surface area contributed by atoms with Crippen molar-refractivity contribution in [2.45, 2.75) is 12.8 Å². The first-order valence-corrected chi connectivity index (χ1v) is 9.09. The predicted molar refractivity (Wildman–Crippen MR) is 110 cm³/mol. The van der Waals surface area contributed by atoms with Crippen LogP contribution in [0.15, 0.2) is 36.4 Å². The van der Waals surface area contributed by atoms with E-state index >= 15 is 0 Å². The number of thiocarbonyl (C=S) groups is 1. The van der Waals surface area contributed by atoms with Gasteiger partial charge in [-0.15, -0.1) is 0 Å². The summed E-state index contributed by atoms with van der Waals surface area (Å²) in [4.78, 5) is 22.1. The second kappa shape index (κ2) is 10.1. The summed E-state index contributed by atoms with van der Waals surface area (Å²) in [7, 11) is 0. The summed E-state index contributed by atoms with van der Waals surface area (Å²) in [5.74, 6) is -0.159. The minimum absolute atomic E-state index is 0.0141. The molecule has 0 bridgehead atoms. The Balaban J connectivity index is 1.77. The number of amides is 1. The summed E-state index contributed by atoms with van der Waals surface area (Å²) >= 11 is 16.8. The number of nitro groups is 1. The van der Waals surface area contributed by atoms with Gasteiger partial charge in [-0.1, -0.05) is 23.2 Å². The van der Waals surface area contributed by atoms with Gasteiger partial charge in [-0.05, 0) is 42.9 Å². The molecule has 11 heteroatoms. The highest BCUT2D eigenvalue weighted by molar-refractivity contribution is 7.80. The van der Waals surface area contributed by atoms with E-state index in [1.54, 1.807) is 18.2 Å². The number of carbonyl (C=O) groups excluding carboxylic acids is 1. The number of carbonyl (C=O) groups is 1. The molecule has 2 aromatic rings. The summed E-state index contributed by atoms with van der Waals surface area (Å²) in [5.41, 5.74) is -0.215. The zero-order valence-corrected chi connectivity index (χ0v) is 16.6. The molecule has 0 aromatic heterocycles. The standard InChI is InChI=1S/C17H15Cl2N3O5S/c18-10-3-6-15(12(19)8-10)27-7-1-2-16(24)21-17(28)20-13-9-11(22(25)26)4-5-14(13)23/h3-6,8-9,23H,1-2,7H2,(H2,20,21,24,28). The maximum Gasteiger partial charge on any atom is 0.271 e. The normalized spacial score (nSPS) is 10.2. The maximum atomic E-state index is 11.9. The van der Waals surface area contributed by atoms with Crippen molar-refractivity contribution in [3.05, 3.63) is 56.6 Å². The van der Waals surface area contributed by atoms with Crippen LogP contribution in [0, 0.1) is 10.1 Å². The molecule has 3 N–H and O–H groups in total. The number of hydrogen-bond acceptors (Lipinski definition) is 6. The second-order valence-corrected chi connectivity index (χ2v) is 6.74. The number of non-ortho nitro benzene ring substituents is 1. The third-order valence-electron chi connectivity index (χ3n) is 3.39. The minimum atomic E-state index is -0.612. The summed E-state index contributed by atoms with van der Waals surface area (Å²) in [5, 5.41) is 26.3. The molecular weight excluding hydrogens is 429 g/mol. The molecular formula is C17H15Cl2N3O5S. The molecule has 148 valence electrons. The number of phenols is 1. The second-order valence-electron chi connectivity index (χ2n) is 5.49. The number of aromatic hydroxyl groups is 1. The molecule has 0 aliphatic rings. The first-order chi connectivity index (χ1) is 13.3. The number of nitrogens with zero attached hydrogens (tertiary/aromatic N) is 1. The molecule has 8 nitrogen and oxygen atoms in total. The third kappa shape index (κ3) is 6.52. The van der Waals surface area contributed by atoms with Crippen LogP contribution in [0.25, 0.3) is 0 Å². The first kappa shape index (κ1) is 21.7. The molecule has 0 saturated heterocycles. The maximum absolute atomic E-state index is 11.9. The van der Waals surface area contributed by atoms with Gasteiger partial charge in [-0.25, -0.2) is 0 Å². The molecule has 0 heterocycles. The Morgan fingerprint density at radius 1 is 1.25 bits per heavy atom. The van der Waals surface area contributed by atoms with Crippen molar-refractivity contribution in [3.8, 4) is 11.5 Å². The monoisotopic (exact) mass is 443 g/mol. The van der Waals surface area contributed by atoms with E-state index < -0.39 is 4.92 Å². The van der Waals surface area contributed by atoms with E-state index in [4.69, 9.17) is 40.2 Å². The van der Waals surface area contributed by atoms with Gasteiger partial charge in [-0.2, -0.15) is 0 Å². The molecule has 1 amide bonds. The number of nitrogens with one attached hydrogen (secondary N) is 2. The van der Waals surface area contributed by atoms with Gasteiger partial charge in [0, 0.05) is 23.6 Å². The van der Waals surface area contributed by atoms with Crippen LogP contribution in [0.5, 0.6) is 11.5 Å². The van der Waals surface area contributed by atoms with Gasteiger partial charge >= 0.3 is 0 Å². The summed E-state index contributed by atoms with van der Waals surface area (Å²) in [6, 6.07) is 8.24. The Kier molecular flexibility index (Phi) is 7.80. The van der Waals surface area contributed by atoms with Crippen LogP contribution in [0.1, 0.15) is 12.8 Å². The predicted octanol–water partition coefficient (Wildman–Crippen LogP) is 4.28. The minimum Gasteiger partial charge on any atom is -0.506 e. The molecule has 0 spiro atoms. The van der Waals surface area contributed by atoms with Crippen LogP contribution in [-0.2, 0) is 4.79 Å². The Morgan fingerprint density at radius 3 is 2.68 bits per heavy atom. The van der Waals surface area contributed by atoms with Crippen molar-refractivity contribution in [3.63, 3.8) is 0 Å². The SMILES string of the molecule is O=C(CCCOc1ccc(Cl)cc1Cl)NC(=S)Nc1cc([N+](=O)[O-])ccc1O. The smallest absolute Gasteiger partial charge is 0.271 e. The average molecular weight is 444 g/mol. The van der Waals surface area contributed by atoms with Gasteiger partial charge in [0.1, 0.15) is 11.5 Å². The van der Waals surface area contributed by atoms with Gasteiger partial charge in [0.15, 0.2) is 5.11 Å². The van der Waals surface area contributed by atoms with Gasteiger partial charge in [0.2, 0.25) is 5.91 Å². The van der Waals surface area contributed by atoms with Crippen LogP contribution in [0.4, 0.5) is 11.4 Å². The van der Waals surface area contributed by atoms with E-state index in [-0.39, 0.29) is 41.2 Å². The van der Waals surface area contributed by atoms with Gasteiger partial charge in [0.25, 0.3) is 5.69 Å². The highest BCUT2D eigenvalue weighted by Gasteiger charge is 2.12. The van der Waals surface area contributed by atoms with Crippen LogP contribution in [-0.4, -0.2) is 27.7 Å². The number of nitro benzene ring substituents is 1. The zero-order chi connectivity index (χ0) is 20.7. The number of benzene rings is 2. The van der Waals surface area contributed by atoms with Gasteiger partial charge < -0.3 is 20.5 Å². The average Bonchev–Trinajstić information content (AvgIpc) is 2.61. The molecule has 0 saturated carbocycles. The van der Waals surface area contributed by atoms with Gasteiger partial charge in [-0.3, -0.25) is 14.9 Å². The van der Waals surface area contributed by atoms with Crippen molar-refractivity contribution in [1.82, 2.24) is 5.32 Å². The van der Waals surface area contributed by atoms with Gasteiger partial charge in [0.05, 0.1) is 22.2 Å². The Hall–Kier alpha value is -2.62. The molecule has 0 aliphatic carbocycles. The largest absolute Gasteiger partial charge is 0.506 e. The number of anilines is 1. The summed E-state index contributed by atoms with van der Waals surface area (Å²) < 4.78 is 5.48. The van der Waals surface area contributed by atoms with Crippen molar-refractivity contribution in [2.24, 2.45) is 0 Å². The molecule has 0 atom stereocenters. The molecule has 0 aliphatic heterocycles. The fourth-order valence-electron chi connectivity index (χ4n) is 2.09. The molecule has 0 radical (unpaired) electrons. The van der Waals surface area contributed by atoms with E-state index in [1.165, 1.54) is 0 Å². The Bertz CT molecular complexity index is 910. The van der Waals surface area contributed by atoms with Crippen LogP contribution < -0.4 is 15.4 Å². The number of rotatable bonds is 7. The number of halogens is 2. The topological polar surface area (TPSA) is 114 Å². The van der Waals surface area contributed by atoms with E-state index in [0.29, 0.717) is 22.2 Å². The van der Waals surface area contributed by atoms with Crippen LogP contribution >= 0.6 is 35.4 Å². The van der Waals surface area contributed by atoms with Crippen molar-refractivity contribution in [1.29, 1.82) is 0 Å². The van der Waals surface area contributed by atoms with E-state index in [9.17, 15) is 20.0 Å². The molecule has 0 unspecified atom stereocenters. The molecule has 28 heavy (non-hydrogen) atoms. The molecule has 2 aromatic carbocycles. The Morgan fingerprint density at radius 2 is 2.00 bits per heavy atom. The number of ether oxygens (including phenoxy) is 1. The summed E-state index contributed by atoms with van der Waals surface area (Å²) in [6.45, 7) is 0.251. The fraction of sp³-hybridized carbons (Fsp3) is 0.176. The van der Waals surface area contributed by atoms with E-state index in [2.05, 4.69) is 10.6 Å². The Labute approximate surface area is 175 Å². The lowest BCUT2D eigenvalue weighted by molar-refractivity contribution is -0.384. The van der Waals surface area contributed by atoms with Crippen molar-refractivity contribution >= 4 is 57.8 Å². The number of phenolic OH excluding ortho intramolecular Hbond substituents is 1. The van der Waals surface area contributed by atoms with Crippen LogP contribution in [0.2, 0.25) is 10.0 Å². The summed E-state index contributed by atoms with van der Waals surface area (Å²) in [6.07, 6.45) is 0.517. The highest BCUT2D eigenvalue weighted by atomic mass is 35.5. The third-order valence-corrected chi connectivity index (χ3v) is 4.13. The lowest BCUT2D eigenvalue weighted by atomic mass is 10.2. The quantitative estimate of drug-likeness (QED) is 0.192. The van der Waals surface area contributed by atoms with E-state index in [1.807, 2.05) is 0 Å². The molecule has 0 fully saturated rings. The van der Waals surface area contributed by atoms with E-state index in [0.717, 1.165) is 18.2 Å². The number of hydrogen-bond donors (Lipinski definition) is 3. The zero-order valence-electron chi connectivity index (χ0n) is 14.3. The first-order valence-electron chi connectivity index (χ1n) is 7.92. The lowest BCUT2D eigenvalue weighted by Gasteiger charge is -2.11. The van der Waals surface area contributed by atoms with Crippen molar-refractivity contribution in [2.75, 3.05) is 11.9 Å². The highest BCUT2D eigenvalue weighted by Crippen LogP contribution is 2.28. The lowest BCUT2D eigenvalue weighted by Crippen LogP contribution is -2.34. The van der Waals surface area contributed by atoms with Crippen LogP contribution in [0.3, 0.4) is 0 Å². The molecule has 2 rings (SSSR count). The fourth-order valence-corrected chi connectivity index (χ4v) is 2.77. The van der Waals surface area contributed by atoms with Crippen molar-refractivity contribution < 1.29 is 19.6 Å².